The van der Waals surface area contributed by atoms with E-state index < -0.39 is 0 Å². The number of nitrogens with zero attached hydrogens (tertiary/aromatic N) is 1. The van der Waals surface area contributed by atoms with Crippen LogP contribution in [-0.2, 0) is 11.2 Å². The van der Waals surface area contributed by atoms with E-state index in [1.807, 2.05) is 37.2 Å². The molecule has 0 aliphatic carbocycles. The minimum atomic E-state index is -0.0605. The lowest BCUT2D eigenvalue weighted by molar-refractivity contribution is -0.117. The Kier molecular flexibility index (Phi) is 5.43. The largest absolute Gasteiger partial charge is 0.352 e. The smallest absolute Gasteiger partial charge is 0.247 e. The van der Waals surface area contributed by atoms with Gasteiger partial charge < -0.3 is 10.2 Å². The van der Waals surface area contributed by atoms with Crippen LogP contribution in [0.1, 0.15) is 5.56 Å². The van der Waals surface area contributed by atoms with Crippen molar-refractivity contribution in [1.29, 1.82) is 0 Å². The van der Waals surface area contributed by atoms with Crippen molar-refractivity contribution >= 4 is 5.91 Å². The van der Waals surface area contributed by atoms with Gasteiger partial charge in [0.25, 0.3) is 0 Å². The summed E-state index contributed by atoms with van der Waals surface area (Å²) in [6.07, 6.45) is 0.849. The van der Waals surface area contributed by atoms with Crippen molar-refractivity contribution in [3.05, 3.63) is 48.0 Å². The fourth-order valence-corrected chi connectivity index (χ4v) is 1.54. The van der Waals surface area contributed by atoms with Crippen molar-refractivity contribution in [1.82, 2.24) is 10.2 Å². The first-order valence-corrected chi connectivity index (χ1v) is 5.74. The van der Waals surface area contributed by atoms with Gasteiger partial charge in [0, 0.05) is 18.7 Å². The van der Waals surface area contributed by atoms with E-state index in [4.69, 9.17) is 0 Å². The lowest BCUT2D eigenvalue weighted by Crippen LogP contribution is -2.30. The Morgan fingerprint density at radius 3 is 2.53 bits per heavy atom. The first kappa shape index (κ1) is 13.5. The summed E-state index contributed by atoms with van der Waals surface area (Å²) < 4.78 is 0. The van der Waals surface area contributed by atoms with E-state index in [0.29, 0.717) is 18.7 Å². The van der Waals surface area contributed by atoms with Gasteiger partial charge >= 0.3 is 0 Å². The van der Waals surface area contributed by atoms with Crippen molar-refractivity contribution in [2.45, 2.75) is 6.42 Å². The average Bonchev–Trinajstić information content (AvgIpc) is 2.29. The molecule has 0 aliphatic rings. The molecule has 3 nitrogen and oxygen atoms in total. The first-order valence-electron chi connectivity index (χ1n) is 5.74. The maximum atomic E-state index is 11.6. The van der Waals surface area contributed by atoms with E-state index in [1.165, 1.54) is 5.56 Å². The van der Waals surface area contributed by atoms with Crippen LogP contribution >= 0.6 is 0 Å². The molecule has 0 spiro atoms. The summed E-state index contributed by atoms with van der Waals surface area (Å²) in [4.78, 5) is 13.6. The Morgan fingerprint density at radius 1 is 1.29 bits per heavy atom. The van der Waals surface area contributed by atoms with Gasteiger partial charge in [0.15, 0.2) is 0 Å². The molecule has 1 amide bonds. The number of rotatable bonds is 6. The molecule has 0 radical (unpaired) electrons. The third kappa shape index (κ3) is 5.31. The number of carbonyl (C=O) groups excluding carboxylic acids is 1. The highest BCUT2D eigenvalue weighted by Gasteiger charge is 2.06. The molecule has 1 aromatic rings. The molecule has 1 rings (SSSR count). The summed E-state index contributed by atoms with van der Waals surface area (Å²) in [5, 5.41) is 2.87. The molecule has 0 bridgehead atoms. The van der Waals surface area contributed by atoms with Crippen molar-refractivity contribution in [3.8, 4) is 0 Å². The number of hydrogen-bond acceptors (Lipinski definition) is 2. The van der Waals surface area contributed by atoms with Crippen LogP contribution in [0.4, 0.5) is 0 Å². The molecule has 1 N–H and O–H groups in total. The fourth-order valence-electron chi connectivity index (χ4n) is 1.54. The van der Waals surface area contributed by atoms with Crippen LogP contribution in [0.3, 0.4) is 0 Å². The molecule has 1 aromatic carbocycles. The molecule has 0 aliphatic heterocycles. The minimum Gasteiger partial charge on any atom is -0.352 e. The number of benzene rings is 1. The molecule has 3 heteroatoms. The van der Waals surface area contributed by atoms with E-state index in [1.54, 1.807) is 0 Å². The van der Waals surface area contributed by atoms with Crippen molar-refractivity contribution in [2.75, 3.05) is 27.2 Å². The highest BCUT2D eigenvalue weighted by atomic mass is 16.1. The minimum absolute atomic E-state index is 0.0605. The second-order valence-corrected chi connectivity index (χ2v) is 4.33. The Balaban J connectivity index is 2.27. The molecule has 0 saturated carbocycles. The zero-order valence-electron chi connectivity index (χ0n) is 10.6. The van der Waals surface area contributed by atoms with Crippen molar-refractivity contribution in [3.63, 3.8) is 0 Å². The number of amides is 1. The maximum absolute atomic E-state index is 11.6. The van der Waals surface area contributed by atoms with E-state index in [0.717, 1.165) is 6.42 Å². The predicted molar refractivity (Wildman–Crippen MR) is 70.8 cm³/mol. The van der Waals surface area contributed by atoms with Gasteiger partial charge in [0.2, 0.25) is 5.91 Å². The van der Waals surface area contributed by atoms with E-state index >= 15 is 0 Å². The maximum Gasteiger partial charge on any atom is 0.247 e. The van der Waals surface area contributed by atoms with E-state index in [-0.39, 0.29) is 5.91 Å². The summed E-state index contributed by atoms with van der Waals surface area (Å²) in [7, 11) is 3.84. The van der Waals surface area contributed by atoms with Gasteiger partial charge in [-0.05, 0) is 26.1 Å². The van der Waals surface area contributed by atoms with Crippen LogP contribution in [0, 0.1) is 0 Å². The molecule has 92 valence electrons. The van der Waals surface area contributed by atoms with Crippen LogP contribution in [0.25, 0.3) is 0 Å². The second kappa shape index (κ2) is 6.86. The predicted octanol–water partition coefficient (Wildman–Crippen LogP) is 1.46. The molecule has 0 aromatic heterocycles. The molecule has 0 atom stereocenters. The van der Waals surface area contributed by atoms with Gasteiger partial charge in [-0.2, -0.15) is 0 Å². The number of likely N-dealkylation sites (N-methyl/N-ethyl adjacent to an activating group) is 1. The normalized spacial score (nSPS) is 10.3. The Labute approximate surface area is 103 Å². The van der Waals surface area contributed by atoms with Gasteiger partial charge in [0.05, 0.1) is 0 Å². The quantitative estimate of drug-likeness (QED) is 0.753. The Bertz CT molecular complexity index is 371. The Morgan fingerprint density at radius 2 is 1.94 bits per heavy atom. The van der Waals surface area contributed by atoms with Crippen LogP contribution in [0.5, 0.6) is 0 Å². The van der Waals surface area contributed by atoms with Gasteiger partial charge in [-0.1, -0.05) is 36.9 Å². The molecular formula is C14H20N2O. The summed E-state index contributed by atoms with van der Waals surface area (Å²) >= 11 is 0. The standard InChI is InChI=1S/C14H20N2O/c1-12(11-16(2)3)14(17)15-10-9-13-7-5-4-6-8-13/h4-8H,1,9-11H2,2-3H3,(H,15,17). The van der Waals surface area contributed by atoms with Gasteiger partial charge in [0.1, 0.15) is 0 Å². The molecular weight excluding hydrogens is 212 g/mol. The van der Waals surface area contributed by atoms with Crippen LogP contribution < -0.4 is 5.32 Å². The first-order chi connectivity index (χ1) is 8.09. The number of carbonyl (C=O) groups is 1. The molecule has 0 fully saturated rings. The topological polar surface area (TPSA) is 32.3 Å². The molecule has 0 saturated heterocycles. The number of nitrogens with one attached hydrogen (secondary N) is 1. The highest BCUT2D eigenvalue weighted by Crippen LogP contribution is 1.99. The summed E-state index contributed by atoms with van der Waals surface area (Å²) in [5.74, 6) is -0.0605. The molecule has 0 heterocycles. The van der Waals surface area contributed by atoms with Crippen LogP contribution in [0.2, 0.25) is 0 Å². The summed E-state index contributed by atoms with van der Waals surface area (Å²) in [6.45, 7) is 5.01. The Hall–Kier alpha value is -1.61. The van der Waals surface area contributed by atoms with E-state index in [9.17, 15) is 4.79 Å². The monoisotopic (exact) mass is 232 g/mol. The third-order valence-corrected chi connectivity index (χ3v) is 2.37. The zero-order valence-corrected chi connectivity index (χ0v) is 10.6. The summed E-state index contributed by atoms with van der Waals surface area (Å²) in [5.41, 5.74) is 1.83. The van der Waals surface area contributed by atoms with Crippen LogP contribution in [0.15, 0.2) is 42.5 Å². The average molecular weight is 232 g/mol. The fraction of sp³-hybridized carbons (Fsp3) is 0.357. The lowest BCUT2D eigenvalue weighted by Gasteiger charge is -2.12. The van der Waals surface area contributed by atoms with Gasteiger partial charge in [-0.3, -0.25) is 4.79 Å². The third-order valence-electron chi connectivity index (χ3n) is 2.37. The molecule has 17 heavy (non-hydrogen) atoms. The summed E-state index contributed by atoms with van der Waals surface area (Å²) in [6, 6.07) is 10.1. The second-order valence-electron chi connectivity index (χ2n) is 4.33. The van der Waals surface area contributed by atoms with E-state index in [2.05, 4.69) is 24.0 Å². The SMILES string of the molecule is C=C(CN(C)C)C(=O)NCCc1ccccc1. The van der Waals surface area contributed by atoms with Crippen LogP contribution in [-0.4, -0.2) is 38.0 Å². The lowest BCUT2D eigenvalue weighted by atomic mass is 10.1. The van der Waals surface area contributed by atoms with Crippen molar-refractivity contribution in [2.24, 2.45) is 0 Å². The zero-order chi connectivity index (χ0) is 12.7. The van der Waals surface area contributed by atoms with Gasteiger partial charge in [-0.15, -0.1) is 0 Å². The van der Waals surface area contributed by atoms with Gasteiger partial charge in [-0.25, -0.2) is 0 Å². The highest BCUT2D eigenvalue weighted by molar-refractivity contribution is 5.93. The van der Waals surface area contributed by atoms with Crippen molar-refractivity contribution < 1.29 is 4.79 Å². The number of hydrogen-bond donors (Lipinski definition) is 1. The molecule has 0 unspecified atom stereocenters.